The molecule has 1 fully saturated rings. The number of hydrogen-bond acceptors (Lipinski definition) is 4. The van der Waals surface area contributed by atoms with Crippen molar-refractivity contribution >= 4 is 17.5 Å². The summed E-state index contributed by atoms with van der Waals surface area (Å²) in [4.78, 5) is 28.4. The van der Waals surface area contributed by atoms with Crippen LogP contribution in [0.4, 0.5) is 5.69 Å². The Morgan fingerprint density at radius 2 is 1.88 bits per heavy atom. The Bertz CT molecular complexity index is 609. The summed E-state index contributed by atoms with van der Waals surface area (Å²) in [5, 5.41) is 2.99. The summed E-state index contributed by atoms with van der Waals surface area (Å²) >= 11 is 0. The normalized spacial score (nSPS) is 16.6. The summed E-state index contributed by atoms with van der Waals surface area (Å²) in [5.41, 5.74) is 9.04. The average molecular weight is 346 g/mol. The molecule has 1 aliphatic heterocycles. The molecule has 1 atom stereocenters. The van der Waals surface area contributed by atoms with Gasteiger partial charge in [0.2, 0.25) is 11.8 Å². The largest absolute Gasteiger partial charge is 0.339 e. The van der Waals surface area contributed by atoms with Crippen molar-refractivity contribution in [1.29, 1.82) is 0 Å². The summed E-state index contributed by atoms with van der Waals surface area (Å²) in [5.74, 6) is 0.0116. The van der Waals surface area contributed by atoms with Gasteiger partial charge < -0.3 is 16.0 Å². The summed E-state index contributed by atoms with van der Waals surface area (Å²) in [7, 11) is 0. The van der Waals surface area contributed by atoms with Crippen molar-refractivity contribution in [2.45, 2.75) is 39.7 Å². The highest BCUT2D eigenvalue weighted by atomic mass is 16.2. The predicted octanol–water partition coefficient (Wildman–Crippen LogP) is 1.51. The number of aryl methyl sites for hydroxylation is 1. The second kappa shape index (κ2) is 8.97. The first-order valence-electron chi connectivity index (χ1n) is 9.05. The first kappa shape index (κ1) is 19.4. The second-order valence-electron chi connectivity index (χ2n) is 6.79. The van der Waals surface area contributed by atoms with E-state index in [0.29, 0.717) is 32.7 Å². The maximum absolute atomic E-state index is 12.3. The maximum Gasteiger partial charge on any atom is 0.239 e. The van der Waals surface area contributed by atoms with E-state index >= 15 is 0 Å². The Morgan fingerprint density at radius 1 is 1.20 bits per heavy atom. The summed E-state index contributed by atoms with van der Waals surface area (Å²) in [6.45, 7) is 9.07. The van der Waals surface area contributed by atoms with Gasteiger partial charge >= 0.3 is 0 Å². The van der Waals surface area contributed by atoms with Crippen molar-refractivity contribution in [3.05, 3.63) is 29.3 Å². The molecular weight excluding hydrogens is 316 g/mol. The van der Waals surface area contributed by atoms with Crippen LogP contribution in [0.25, 0.3) is 0 Å². The SMILES string of the molecule is CCCC(N)C(=O)N1CCN(CC(=O)Nc2cccc(C)c2C)CC1. The number of anilines is 1. The van der Waals surface area contributed by atoms with E-state index in [2.05, 4.69) is 10.2 Å². The molecule has 25 heavy (non-hydrogen) atoms. The van der Waals surface area contributed by atoms with Gasteiger partial charge in [-0.05, 0) is 37.5 Å². The molecule has 1 unspecified atom stereocenters. The Labute approximate surface area is 150 Å². The third kappa shape index (κ3) is 5.28. The van der Waals surface area contributed by atoms with Crippen molar-refractivity contribution < 1.29 is 9.59 Å². The summed E-state index contributed by atoms with van der Waals surface area (Å²) in [6, 6.07) is 5.50. The van der Waals surface area contributed by atoms with Crippen LogP contribution in [0, 0.1) is 13.8 Å². The molecule has 138 valence electrons. The van der Waals surface area contributed by atoms with Crippen LogP contribution < -0.4 is 11.1 Å². The molecule has 2 amide bonds. The molecular formula is C19H30N4O2. The van der Waals surface area contributed by atoms with Gasteiger partial charge in [-0.25, -0.2) is 0 Å². The van der Waals surface area contributed by atoms with Crippen LogP contribution in [0.2, 0.25) is 0 Å². The van der Waals surface area contributed by atoms with Gasteiger partial charge in [0.25, 0.3) is 0 Å². The van der Waals surface area contributed by atoms with Crippen molar-refractivity contribution in [3.8, 4) is 0 Å². The Morgan fingerprint density at radius 3 is 2.52 bits per heavy atom. The number of rotatable bonds is 6. The second-order valence-corrected chi connectivity index (χ2v) is 6.79. The fourth-order valence-corrected chi connectivity index (χ4v) is 3.07. The zero-order valence-electron chi connectivity index (χ0n) is 15.5. The molecule has 1 aliphatic rings. The lowest BCUT2D eigenvalue weighted by Crippen LogP contribution is -2.54. The van der Waals surface area contributed by atoms with E-state index < -0.39 is 6.04 Å². The zero-order chi connectivity index (χ0) is 18.4. The standard InChI is InChI=1S/C19H30N4O2/c1-4-6-16(20)19(25)23-11-9-22(10-12-23)13-18(24)21-17-8-5-7-14(2)15(17)3/h5,7-8,16H,4,6,9-13,20H2,1-3H3,(H,21,24). The number of nitrogens with one attached hydrogen (secondary N) is 1. The Balaban J connectivity index is 1.80. The molecule has 1 aromatic rings. The van der Waals surface area contributed by atoms with Gasteiger partial charge in [0.05, 0.1) is 12.6 Å². The first-order valence-corrected chi connectivity index (χ1v) is 9.05. The van der Waals surface area contributed by atoms with Crippen molar-refractivity contribution in [3.63, 3.8) is 0 Å². The minimum atomic E-state index is -0.399. The first-order chi connectivity index (χ1) is 11.9. The van der Waals surface area contributed by atoms with E-state index in [1.807, 2.05) is 43.9 Å². The lowest BCUT2D eigenvalue weighted by Gasteiger charge is -2.35. The molecule has 0 radical (unpaired) electrons. The highest BCUT2D eigenvalue weighted by Gasteiger charge is 2.25. The fourth-order valence-electron chi connectivity index (χ4n) is 3.07. The molecule has 1 aromatic carbocycles. The number of nitrogens with two attached hydrogens (primary N) is 1. The van der Waals surface area contributed by atoms with Gasteiger partial charge in [-0.15, -0.1) is 0 Å². The van der Waals surface area contributed by atoms with Crippen molar-refractivity contribution in [2.24, 2.45) is 5.73 Å². The quantitative estimate of drug-likeness (QED) is 0.818. The number of hydrogen-bond donors (Lipinski definition) is 2. The monoisotopic (exact) mass is 346 g/mol. The molecule has 3 N–H and O–H groups in total. The number of carbonyl (C=O) groups excluding carboxylic acids is 2. The van der Waals surface area contributed by atoms with Crippen molar-refractivity contribution in [2.75, 3.05) is 38.0 Å². The minimum Gasteiger partial charge on any atom is -0.339 e. The van der Waals surface area contributed by atoms with Gasteiger partial charge in [0.15, 0.2) is 0 Å². The maximum atomic E-state index is 12.3. The summed E-state index contributed by atoms with van der Waals surface area (Å²) < 4.78 is 0. The van der Waals surface area contributed by atoms with Gasteiger partial charge in [-0.1, -0.05) is 25.5 Å². The molecule has 6 nitrogen and oxygen atoms in total. The molecule has 2 rings (SSSR count). The Kier molecular flexibility index (Phi) is 6.96. The number of carbonyl (C=O) groups is 2. The van der Waals surface area contributed by atoms with E-state index in [1.54, 1.807) is 0 Å². The average Bonchev–Trinajstić information content (AvgIpc) is 2.59. The van der Waals surface area contributed by atoms with Gasteiger partial charge in [0, 0.05) is 31.9 Å². The number of benzene rings is 1. The smallest absolute Gasteiger partial charge is 0.239 e. The number of nitrogens with zero attached hydrogens (tertiary/aromatic N) is 2. The van der Waals surface area contributed by atoms with Gasteiger partial charge in [-0.3, -0.25) is 14.5 Å². The van der Waals surface area contributed by atoms with Crippen LogP contribution in [0.5, 0.6) is 0 Å². The van der Waals surface area contributed by atoms with E-state index in [1.165, 1.54) is 0 Å². The minimum absolute atomic E-state index is 0.0174. The predicted molar refractivity (Wildman–Crippen MR) is 100 cm³/mol. The molecule has 0 saturated carbocycles. The van der Waals surface area contributed by atoms with Crippen LogP contribution in [0.3, 0.4) is 0 Å². The van der Waals surface area contributed by atoms with Crippen LogP contribution in [0.1, 0.15) is 30.9 Å². The Hall–Kier alpha value is -1.92. The van der Waals surface area contributed by atoms with Crippen LogP contribution in [-0.4, -0.2) is 60.4 Å². The van der Waals surface area contributed by atoms with E-state index in [-0.39, 0.29) is 11.8 Å². The lowest BCUT2D eigenvalue weighted by atomic mass is 10.1. The van der Waals surface area contributed by atoms with Crippen molar-refractivity contribution in [1.82, 2.24) is 9.80 Å². The number of piperazine rings is 1. The molecule has 0 aliphatic carbocycles. The van der Waals surface area contributed by atoms with E-state index in [0.717, 1.165) is 29.7 Å². The number of amides is 2. The molecule has 1 heterocycles. The molecule has 0 aromatic heterocycles. The third-order valence-electron chi connectivity index (χ3n) is 4.85. The van der Waals surface area contributed by atoms with E-state index in [4.69, 9.17) is 5.73 Å². The molecule has 0 bridgehead atoms. The molecule has 0 spiro atoms. The van der Waals surface area contributed by atoms with E-state index in [9.17, 15) is 9.59 Å². The van der Waals surface area contributed by atoms with Crippen LogP contribution in [0.15, 0.2) is 18.2 Å². The third-order valence-corrected chi connectivity index (χ3v) is 4.85. The highest BCUT2D eigenvalue weighted by Crippen LogP contribution is 2.18. The van der Waals surface area contributed by atoms with Gasteiger partial charge in [0.1, 0.15) is 0 Å². The van der Waals surface area contributed by atoms with Gasteiger partial charge in [-0.2, -0.15) is 0 Å². The summed E-state index contributed by atoms with van der Waals surface area (Å²) in [6.07, 6.45) is 1.63. The lowest BCUT2D eigenvalue weighted by molar-refractivity contribution is -0.134. The highest BCUT2D eigenvalue weighted by molar-refractivity contribution is 5.93. The van der Waals surface area contributed by atoms with Crippen LogP contribution in [-0.2, 0) is 9.59 Å². The van der Waals surface area contributed by atoms with Crippen LogP contribution >= 0.6 is 0 Å². The topological polar surface area (TPSA) is 78.7 Å². The zero-order valence-corrected chi connectivity index (χ0v) is 15.5. The fraction of sp³-hybridized carbons (Fsp3) is 0.579. The molecule has 6 heteroatoms. The molecule has 1 saturated heterocycles.